The Morgan fingerprint density at radius 2 is 0.802 bits per heavy atom. The molecule has 10 heteroatoms. The molecule has 464 valence electrons. The number of rotatable bonds is 58. The standard InChI is InChI=1S/C71H123N2O7P/c1-7-10-13-16-19-22-25-27-29-31-32-33-34-35-36-37-38-39-40-42-43-45-48-51-54-57-60-63-70(74)72-68(67-79-81(76,77)78-66-65-73(4,5)6)69(62-59-56-53-50-47-24-21-18-15-12-9-3)80-71(75)64-61-58-55-52-49-46-44-41-30-28-26-23-20-17-14-11-8-2/h11,14,19-20,22-23,27-30,32-33,35-36,44,46,52,55,59,62,68-69H,7-10,12-13,15-18,21,24-26,31,34,37-43,45,47-51,53-54,56-58,60-61,63-67H2,1-6H3,(H-,72,74,76,77)/b14-11-,22-19-,23-20-,29-27-,30-28-,33-32-,36-35-,46-44-,55-52-,62-59-. The summed E-state index contributed by atoms with van der Waals surface area (Å²) in [6, 6.07) is -0.921. The number of unbranched alkanes of at least 4 members (excludes halogenated alkanes) is 24. The minimum atomic E-state index is -4.72. The van der Waals surface area contributed by atoms with Crippen molar-refractivity contribution in [1.29, 1.82) is 0 Å². The van der Waals surface area contributed by atoms with Gasteiger partial charge in [0.15, 0.2) is 0 Å². The maximum Gasteiger partial charge on any atom is 0.306 e. The van der Waals surface area contributed by atoms with Crippen LogP contribution in [0.15, 0.2) is 122 Å². The Hall–Kier alpha value is -3.59. The van der Waals surface area contributed by atoms with Gasteiger partial charge in [0.2, 0.25) is 5.91 Å². The van der Waals surface area contributed by atoms with Crippen molar-refractivity contribution in [2.24, 2.45) is 0 Å². The van der Waals surface area contributed by atoms with Crippen LogP contribution in [0.25, 0.3) is 0 Å². The molecule has 9 nitrogen and oxygen atoms in total. The lowest BCUT2D eigenvalue weighted by Gasteiger charge is -2.30. The van der Waals surface area contributed by atoms with E-state index in [-0.39, 0.29) is 18.9 Å². The van der Waals surface area contributed by atoms with Crippen LogP contribution in [0.5, 0.6) is 0 Å². The first-order chi connectivity index (χ1) is 39.4. The van der Waals surface area contributed by atoms with E-state index in [0.717, 1.165) is 109 Å². The van der Waals surface area contributed by atoms with Crippen molar-refractivity contribution in [3.05, 3.63) is 122 Å². The fourth-order valence-corrected chi connectivity index (χ4v) is 9.56. The molecule has 1 N–H and O–H groups in total. The molecule has 0 saturated heterocycles. The molecule has 0 spiro atoms. The Kier molecular flexibility index (Phi) is 56.9. The smallest absolute Gasteiger partial charge is 0.306 e. The maximum atomic E-state index is 13.6. The molecule has 0 rings (SSSR count). The van der Waals surface area contributed by atoms with E-state index < -0.39 is 32.5 Å². The topological polar surface area (TPSA) is 114 Å². The van der Waals surface area contributed by atoms with E-state index >= 15 is 0 Å². The third kappa shape index (κ3) is 60.8. The molecule has 0 aliphatic heterocycles. The molecule has 0 aliphatic carbocycles. The van der Waals surface area contributed by atoms with Crippen molar-refractivity contribution in [1.82, 2.24) is 5.32 Å². The predicted molar refractivity (Wildman–Crippen MR) is 348 cm³/mol. The van der Waals surface area contributed by atoms with Crippen molar-refractivity contribution in [2.75, 3.05) is 40.9 Å². The zero-order valence-corrected chi connectivity index (χ0v) is 53.8. The van der Waals surface area contributed by atoms with Crippen molar-refractivity contribution in [3.8, 4) is 0 Å². The average molecular weight is 1150 g/mol. The van der Waals surface area contributed by atoms with Crippen LogP contribution >= 0.6 is 7.82 Å². The fourth-order valence-electron chi connectivity index (χ4n) is 8.83. The molecule has 1 amide bonds. The van der Waals surface area contributed by atoms with Crippen LogP contribution < -0.4 is 10.2 Å². The maximum absolute atomic E-state index is 13.6. The number of phosphoric acid groups is 1. The number of hydrogen-bond acceptors (Lipinski definition) is 7. The number of amides is 1. The van der Waals surface area contributed by atoms with E-state index in [1.807, 2.05) is 33.3 Å². The highest BCUT2D eigenvalue weighted by Crippen LogP contribution is 2.38. The van der Waals surface area contributed by atoms with Gasteiger partial charge in [0, 0.05) is 12.8 Å². The highest BCUT2D eigenvalue weighted by Gasteiger charge is 2.27. The summed E-state index contributed by atoms with van der Waals surface area (Å²) in [5.41, 5.74) is 0. The Labute approximate surface area is 499 Å². The molecule has 0 heterocycles. The highest BCUT2D eigenvalue weighted by atomic mass is 31.2. The first kappa shape index (κ1) is 77.4. The molecular weight excluding hydrogens is 1020 g/mol. The van der Waals surface area contributed by atoms with Crippen molar-refractivity contribution in [3.63, 3.8) is 0 Å². The minimum Gasteiger partial charge on any atom is -0.756 e. The van der Waals surface area contributed by atoms with Gasteiger partial charge in [-0.3, -0.25) is 14.2 Å². The quantitative estimate of drug-likeness (QED) is 0.0212. The van der Waals surface area contributed by atoms with Gasteiger partial charge in [-0.25, -0.2) is 0 Å². The number of ether oxygens (including phenoxy) is 1. The number of nitrogens with zero attached hydrogens (tertiary/aromatic N) is 1. The normalized spacial score (nSPS) is 14.4. The van der Waals surface area contributed by atoms with E-state index in [4.69, 9.17) is 13.8 Å². The lowest BCUT2D eigenvalue weighted by atomic mass is 10.0. The Bertz CT molecular complexity index is 1800. The molecule has 3 atom stereocenters. The van der Waals surface area contributed by atoms with Gasteiger partial charge in [0.1, 0.15) is 19.3 Å². The van der Waals surface area contributed by atoms with Gasteiger partial charge in [0.05, 0.1) is 33.8 Å². The fraction of sp³-hybridized carbons (Fsp3) is 0.690. The zero-order chi connectivity index (χ0) is 59.3. The van der Waals surface area contributed by atoms with Crippen molar-refractivity contribution in [2.45, 2.75) is 277 Å². The molecule has 0 aromatic rings. The van der Waals surface area contributed by atoms with Crippen LogP contribution in [-0.4, -0.2) is 69.4 Å². The lowest BCUT2D eigenvalue weighted by molar-refractivity contribution is -0.870. The Balaban J connectivity index is 5.15. The summed E-state index contributed by atoms with van der Waals surface area (Å²) in [6.07, 6.45) is 83.3. The van der Waals surface area contributed by atoms with E-state index in [0.29, 0.717) is 23.9 Å². The van der Waals surface area contributed by atoms with Crippen LogP contribution in [0.2, 0.25) is 0 Å². The van der Waals surface area contributed by atoms with Crippen LogP contribution in [0, 0.1) is 0 Å². The molecule has 0 fully saturated rings. The molecule has 81 heavy (non-hydrogen) atoms. The number of likely N-dealkylation sites (N-methyl/N-ethyl adjacent to an activating group) is 1. The first-order valence-electron chi connectivity index (χ1n) is 32.8. The summed E-state index contributed by atoms with van der Waals surface area (Å²) >= 11 is 0. The summed E-state index contributed by atoms with van der Waals surface area (Å²) in [6.45, 7) is 6.65. The summed E-state index contributed by atoms with van der Waals surface area (Å²) in [5, 5.41) is 3.01. The van der Waals surface area contributed by atoms with Gasteiger partial charge in [-0.2, -0.15) is 0 Å². The molecule has 3 unspecified atom stereocenters. The molecule has 0 radical (unpaired) electrons. The second-order valence-corrected chi connectivity index (χ2v) is 24.3. The predicted octanol–water partition coefficient (Wildman–Crippen LogP) is 20.0. The summed E-state index contributed by atoms with van der Waals surface area (Å²) in [7, 11) is 1.14. The molecule has 0 saturated carbocycles. The summed E-state index contributed by atoms with van der Waals surface area (Å²) in [5.74, 6) is -0.619. The van der Waals surface area contributed by atoms with E-state index in [9.17, 15) is 19.0 Å². The van der Waals surface area contributed by atoms with Crippen LogP contribution in [-0.2, 0) is 27.9 Å². The highest BCUT2D eigenvalue weighted by molar-refractivity contribution is 7.45. The van der Waals surface area contributed by atoms with E-state index in [1.54, 1.807) is 0 Å². The molecular formula is C71H123N2O7P. The van der Waals surface area contributed by atoms with E-state index in [1.165, 1.54) is 116 Å². The number of carbonyl (C=O) groups excluding carboxylic acids is 2. The SMILES string of the molecule is CC/C=C\C/C=C\C/C=C\C/C=C\C/C=C\CCCC(=O)OC(/C=C\CCCCCCCCCCC)C(COP(=O)([O-])OCC[N+](C)(C)C)NC(=O)CCCCCCCCCCCCC/C=C\C/C=C\C/C=C\C/C=C\CCCCC. The van der Waals surface area contributed by atoms with Crippen LogP contribution in [0.3, 0.4) is 0 Å². The minimum absolute atomic E-state index is 0.0376. The second kappa shape index (κ2) is 59.6. The molecule has 0 aliphatic rings. The number of allylic oxidation sites excluding steroid dienone is 19. The van der Waals surface area contributed by atoms with Gasteiger partial charge >= 0.3 is 5.97 Å². The number of phosphoric ester groups is 1. The van der Waals surface area contributed by atoms with Gasteiger partial charge < -0.3 is 28.5 Å². The van der Waals surface area contributed by atoms with Gasteiger partial charge in [-0.05, 0) is 115 Å². The van der Waals surface area contributed by atoms with Gasteiger partial charge in [0.25, 0.3) is 7.82 Å². The average Bonchev–Trinajstić information content (AvgIpc) is 3.43. The largest absolute Gasteiger partial charge is 0.756 e. The van der Waals surface area contributed by atoms with Crippen molar-refractivity contribution >= 4 is 19.7 Å². The summed E-state index contributed by atoms with van der Waals surface area (Å²) < 4.78 is 30.3. The van der Waals surface area contributed by atoms with Crippen LogP contribution in [0.4, 0.5) is 0 Å². The van der Waals surface area contributed by atoms with E-state index in [2.05, 4.69) is 135 Å². The van der Waals surface area contributed by atoms with Crippen molar-refractivity contribution < 1.29 is 37.3 Å². The Morgan fingerprint density at radius 3 is 1.23 bits per heavy atom. The molecule has 0 bridgehead atoms. The zero-order valence-electron chi connectivity index (χ0n) is 52.9. The number of hydrogen-bond donors (Lipinski definition) is 1. The molecule has 0 aromatic carbocycles. The first-order valence-corrected chi connectivity index (χ1v) is 34.3. The monoisotopic (exact) mass is 1150 g/mol. The van der Waals surface area contributed by atoms with Gasteiger partial charge in [-0.15, -0.1) is 0 Å². The lowest BCUT2D eigenvalue weighted by Crippen LogP contribution is -2.47. The Morgan fingerprint density at radius 1 is 0.444 bits per heavy atom. The third-order valence-electron chi connectivity index (χ3n) is 13.9. The third-order valence-corrected chi connectivity index (χ3v) is 14.8. The number of esters is 1. The summed E-state index contributed by atoms with van der Waals surface area (Å²) in [4.78, 5) is 40.0. The molecule has 0 aromatic heterocycles. The number of quaternary nitrogens is 1. The number of nitrogens with one attached hydrogen (secondary N) is 1. The number of carbonyl (C=O) groups is 2. The second-order valence-electron chi connectivity index (χ2n) is 22.9. The van der Waals surface area contributed by atoms with Crippen LogP contribution in [0.1, 0.15) is 265 Å². The van der Waals surface area contributed by atoms with Gasteiger partial charge in [-0.1, -0.05) is 258 Å².